The zero-order chi connectivity index (χ0) is 36.2. The van der Waals surface area contributed by atoms with Gasteiger partial charge in [0.2, 0.25) is 0 Å². The Kier molecular flexibility index (Phi) is 9.94. The van der Waals surface area contributed by atoms with Crippen LogP contribution >= 0.6 is 0 Å². The summed E-state index contributed by atoms with van der Waals surface area (Å²) < 4.78 is 2.26. The van der Waals surface area contributed by atoms with Gasteiger partial charge in [-0.3, -0.25) is 9.55 Å². The van der Waals surface area contributed by atoms with Gasteiger partial charge >= 0.3 is 0 Å². The van der Waals surface area contributed by atoms with Crippen LogP contribution in [0.15, 0.2) is 109 Å². The molecule has 266 valence electrons. The topological polar surface area (TPSA) is 50.9 Å². The van der Waals surface area contributed by atoms with Gasteiger partial charge in [0.15, 0.2) is 0 Å². The van der Waals surface area contributed by atoms with Crippen LogP contribution in [0.2, 0.25) is 0 Å². The molecule has 0 fully saturated rings. The van der Waals surface area contributed by atoms with E-state index in [1.165, 1.54) is 16.7 Å². The van der Waals surface area contributed by atoms with Crippen molar-refractivity contribution in [2.24, 2.45) is 0 Å². The number of hydrogen-bond donors (Lipinski definition) is 1. The van der Waals surface area contributed by atoms with Crippen molar-refractivity contribution < 1.29 is 26.2 Å². The number of rotatable bonds is 5. The van der Waals surface area contributed by atoms with Gasteiger partial charge in [-0.2, -0.15) is 0 Å². The third kappa shape index (κ3) is 6.89. The van der Waals surface area contributed by atoms with Crippen molar-refractivity contribution in [2.45, 2.75) is 73.1 Å². The molecule has 0 spiro atoms. The second-order valence-corrected chi connectivity index (χ2v) is 15.9. The summed E-state index contributed by atoms with van der Waals surface area (Å²) in [6, 6.07) is 39.5. The summed E-state index contributed by atoms with van der Waals surface area (Å²) in [5, 5.41) is 11.3. The number of nitrogens with zero attached hydrogens (tertiary/aromatic N) is 3. The van der Waals surface area contributed by atoms with E-state index in [0.717, 1.165) is 61.4 Å². The van der Waals surface area contributed by atoms with Crippen LogP contribution in [0.3, 0.4) is 0 Å². The first kappa shape index (κ1) is 37.0. The minimum atomic E-state index is -0.180. The van der Waals surface area contributed by atoms with Crippen LogP contribution in [-0.4, -0.2) is 19.6 Å². The summed E-state index contributed by atoms with van der Waals surface area (Å²) >= 11 is 0. The Balaban J connectivity index is 0.00000464. The van der Waals surface area contributed by atoms with Gasteiger partial charge in [-0.05, 0) is 83.7 Å². The van der Waals surface area contributed by atoms with Crippen LogP contribution < -0.4 is 0 Å². The summed E-state index contributed by atoms with van der Waals surface area (Å²) in [6.45, 7) is 20.0. The summed E-state index contributed by atoms with van der Waals surface area (Å²) in [5.74, 6) is 0.901. The molecule has 7 aromatic rings. The summed E-state index contributed by atoms with van der Waals surface area (Å²) in [4.78, 5) is 10.3. The molecular weight excluding hydrogens is 818 g/mol. The molecule has 0 aliphatic heterocycles. The first-order chi connectivity index (χ1) is 24.2. The smallest absolute Gasteiger partial charge is 0.148 e. The molecule has 0 unspecified atom stereocenters. The van der Waals surface area contributed by atoms with Crippen LogP contribution in [0.5, 0.6) is 5.75 Å². The molecule has 0 saturated carbocycles. The number of pyridine rings is 1. The number of aryl methyl sites for hydroxylation is 3. The van der Waals surface area contributed by atoms with Crippen LogP contribution in [0.4, 0.5) is 0 Å². The first-order valence-electron chi connectivity index (χ1n) is 17.7. The fourth-order valence-corrected chi connectivity index (χ4v) is 7.26. The minimum absolute atomic E-state index is 0. The number of aromatic hydroxyl groups is 1. The van der Waals surface area contributed by atoms with E-state index in [9.17, 15) is 5.11 Å². The van der Waals surface area contributed by atoms with Crippen LogP contribution in [-0.2, 0) is 31.9 Å². The van der Waals surface area contributed by atoms with E-state index in [2.05, 4.69) is 146 Å². The van der Waals surface area contributed by atoms with E-state index < -0.39 is 0 Å². The number of fused-ring (bicyclic) bond motifs is 1. The van der Waals surface area contributed by atoms with Crippen molar-refractivity contribution in [3.8, 4) is 56.3 Å². The summed E-state index contributed by atoms with van der Waals surface area (Å²) in [5.41, 5.74) is 15.3. The number of phenols is 1. The van der Waals surface area contributed by atoms with Crippen molar-refractivity contribution in [3.05, 3.63) is 143 Å². The first-order valence-corrected chi connectivity index (χ1v) is 17.7. The number of phenolic OH excluding ortho intramolecular Hbond substituents is 1. The molecule has 5 aromatic carbocycles. The van der Waals surface area contributed by atoms with Gasteiger partial charge in [0.1, 0.15) is 11.6 Å². The number of benzene rings is 5. The molecule has 0 atom stereocenters. The Morgan fingerprint density at radius 3 is 2.00 bits per heavy atom. The molecule has 0 bridgehead atoms. The molecule has 0 aliphatic carbocycles. The fraction of sp³-hybridized carbons (Fsp3) is 0.234. The molecule has 0 aliphatic rings. The van der Waals surface area contributed by atoms with Gasteiger partial charge in [-0.15, -0.1) is 29.3 Å². The molecule has 2 aromatic heterocycles. The van der Waals surface area contributed by atoms with E-state index in [1.807, 2.05) is 30.5 Å². The standard InChI is InChI=1S/C47H46N3O.Pt/c1-29-23-30(2)44(31(3)24-29)50-41-28-35(46(4,5)6)27-38(43(41)49-45(50)36-17-13-14-18-42(36)51)37-25-34(19-20-39(37)47(7,8)9)40-26-33(21-22-48-40)32-15-11-10-12-16-32;/h10-24,26-28,51H,1-9H3;/q-1;. The second kappa shape index (κ2) is 14.0. The Bertz CT molecular complexity index is 2400. The zero-order valence-electron chi connectivity index (χ0n) is 31.5. The summed E-state index contributed by atoms with van der Waals surface area (Å²) in [7, 11) is 0. The molecule has 0 amide bonds. The fourth-order valence-electron chi connectivity index (χ4n) is 7.26. The third-order valence-corrected chi connectivity index (χ3v) is 9.80. The van der Waals surface area contributed by atoms with E-state index in [-0.39, 0.29) is 37.6 Å². The maximum absolute atomic E-state index is 11.3. The van der Waals surface area contributed by atoms with Crippen LogP contribution in [0, 0.1) is 26.8 Å². The molecule has 4 nitrogen and oxygen atoms in total. The van der Waals surface area contributed by atoms with E-state index in [4.69, 9.17) is 9.97 Å². The maximum atomic E-state index is 11.3. The molecule has 7 rings (SSSR count). The van der Waals surface area contributed by atoms with Crippen molar-refractivity contribution >= 4 is 11.0 Å². The van der Waals surface area contributed by atoms with Crippen LogP contribution in [0.1, 0.15) is 69.4 Å². The molecular formula is C47H46N3OPt-. The zero-order valence-corrected chi connectivity index (χ0v) is 33.8. The van der Waals surface area contributed by atoms with Gasteiger partial charge in [-0.1, -0.05) is 125 Å². The van der Waals surface area contributed by atoms with E-state index >= 15 is 0 Å². The van der Waals surface area contributed by atoms with Crippen molar-refractivity contribution in [1.82, 2.24) is 14.5 Å². The molecule has 0 saturated heterocycles. The predicted octanol–water partition coefficient (Wildman–Crippen LogP) is 12.1. The molecule has 1 N–H and O–H groups in total. The SMILES string of the molecule is Cc1cc(C)c(-n2c(-c3ccccc3O)nc3c(-c4[c-]c(-c5cc(-c6ccccc6)ccn5)ccc4C(C)(C)C)cc(C(C)(C)C)cc32)c(C)c1.[Pt]. The van der Waals surface area contributed by atoms with Gasteiger partial charge in [0, 0.05) is 33.0 Å². The average molecular weight is 864 g/mol. The molecule has 0 radical (unpaired) electrons. The Morgan fingerprint density at radius 2 is 1.35 bits per heavy atom. The minimum Gasteiger partial charge on any atom is -0.507 e. The number of para-hydroxylation sites is 1. The van der Waals surface area contributed by atoms with E-state index in [1.54, 1.807) is 6.07 Å². The molecule has 5 heteroatoms. The molecule has 2 heterocycles. The van der Waals surface area contributed by atoms with Crippen LogP contribution in [0.25, 0.3) is 61.6 Å². The second-order valence-electron chi connectivity index (χ2n) is 15.9. The maximum Gasteiger partial charge on any atom is 0.148 e. The Labute approximate surface area is 322 Å². The van der Waals surface area contributed by atoms with Gasteiger partial charge < -0.3 is 5.11 Å². The quantitative estimate of drug-likeness (QED) is 0.175. The Morgan fingerprint density at radius 1 is 0.673 bits per heavy atom. The van der Waals surface area contributed by atoms with Crippen molar-refractivity contribution in [1.29, 1.82) is 0 Å². The van der Waals surface area contributed by atoms with Crippen molar-refractivity contribution in [3.63, 3.8) is 0 Å². The monoisotopic (exact) mass is 863 g/mol. The normalized spacial score (nSPS) is 11.9. The van der Waals surface area contributed by atoms with Crippen molar-refractivity contribution in [2.75, 3.05) is 0 Å². The van der Waals surface area contributed by atoms with Gasteiger partial charge in [-0.25, -0.2) is 4.98 Å². The predicted molar refractivity (Wildman–Crippen MR) is 213 cm³/mol. The largest absolute Gasteiger partial charge is 0.507 e. The van der Waals surface area contributed by atoms with Gasteiger partial charge in [0.25, 0.3) is 0 Å². The molecule has 52 heavy (non-hydrogen) atoms. The Hall–Kier alpha value is -4.79. The summed E-state index contributed by atoms with van der Waals surface area (Å²) in [6.07, 6.45) is 1.88. The number of aromatic nitrogens is 3. The number of imidazole rings is 1. The number of hydrogen-bond acceptors (Lipinski definition) is 3. The van der Waals surface area contributed by atoms with Gasteiger partial charge in [0.05, 0.1) is 22.3 Å². The van der Waals surface area contributed by atoms with E-state index in [0.29, 0.717) is 11.4 Å². The third-order valence-electron chi connectivity index (χ3n) is 9.80. The average Bonchev–Trinajstić information content (AvgIpc) is 3.46.